The molecule has 0 saturated carbocycles. The summed E-state index contributed by atoms with van der Waals surface area (Å²) in [5, 5.41) is 0. The molecule has 2 rings (SSSR count). The summed E-state index contributed by atoms with van der Waals surface area (Å²) in [7, 11) is 0. The van der Waals surface area contributed by atoms with E-state index in [0.29, 0.717) is 29.8 Å². The summed E-state index contributed by atoms with van der Waals surface area (Å²) in [5.41, 5.74) is 8.19. The number of nitrogen functional groups attached to an aromatic ring is 1. The fourth-order valence-electron chi connectivity index (χ4n) is 2.98. The maximum atomic E-state index is 11.9. The van der Waals surface area contributed by atoms with Crippen LogP contribution in [-0.4, -0.2) is 25.2 Å². The Morgan fingerprint density at radius 1 is 1.50 bits per heavy atom. The molecule has 0 amide bonds. The first-order valence-electron chi connectivity index (χ1n) is 7.38. The number of hydrogen-bond acceptors (Lipinski definition) is 4. The van der Waals surface area contributed by atoms with E-state index < -0.39 is 0 Å². The Morgan fingerprint density at radius 2 is 2.25 bits per heavy atom. The molecule has 0 spiro atoms. The molecule has 1 aromatic rings. The highest BCUT2D eigenvalue weighted by Gasteiger charge is 2.29. The molecule has 1 fully saturated rings. The number of esters is 1. The third kappa shape index (κ3) is 2.74. The zero-order chi connectivity index (χ0) is 14.7. The van der Waals surface area contributed by atoms with Crippen LogP contribution >= 0.6 is 0 Å². The van der Waals surface area contributed by atoms with E-state index >= 15 is 0 Å². The van der Waals surface area contributed by atoms with Gasteiger partial charge in [-0.15, -0.1) is 0 Å². The van der Waals surface area contributed by atoms with Crippen LogP contribution in [0.4, 0.5) is 11.4 Å². The Balaban J connectivity index is 2.33. The lowest BCUT2D eigenvalue weighted by Crippen LogP contribution is -2.34. The summed E-state index contributed by atoms with van der Waals surface area (Å²) in [4.78, 5) is 14.3. The zero-order valence-corrected chi connectivity index (χ0v) is 12.6. The standard InChI is InChI=1S/C16H24N2O2/c1-4-20-16(19)12-7-5-8-14(15(12)17)18-10-6-9-13(18)11(2)3/h5,7-8,11,13H,4,6,9-10,17H2,1-3H3. The molecule has 1 aliphatic heterocycles. The molecule has 0 bridgehead atoms. The van der Waals surface area contributed by atoms with Crippen LogP contribution in [0.5, 0.6) is 0 Å². The molecule has 4 heteroatoms. The molecule has 1 heterocycles. The predicted octanol–water partition coefficient (Wildman–Crippen LogP) is 3.07. The van der Waals surface area contributed by atoms with Crippen LogP contribution < -0.4 is 10.6 Å². The fourth-order valence-corrected chi connectivity index (χ4v) is 2.98. The van der Waals surface area contributed by atoms with Crippen molar-refractivity contribution in [3.63, 3.8) is 0 Å². The summed E-state index contributed by atoms with van der Waals surface area (Å²) in [6.45, 7) is 7.62. The topological polar surface area (TPSA) is 55.6 Å². The first kappa shape index (κ1) is 14.7. The Morgan fingerprint density at radius 3 is 2.90 bits per heavy atom. The van der Waals surface area contributed by atoms with Gasteiger partial charge in [-0.1, -0.05) is 19.9 Å². The van der Waals surface area contributed by atoms with Crippen molar-refractivity contribution in [2.75, 3.05) is 23.8 Å². The second-order valence-corrected chi connectivity index (χ2v) is 5.61. The van der Waals surface area contributed by atoms with Gasteiger partial charge in [-0.25, -0.2) is 4.79 Å². The van der Waals surface area contributed by atoms with E-state index in [-0.39, 0.29) is 5.97 Å². The fraction of sp³-hybridized carbons (Fsp3) is 0.562. The number of ether oxygens (including phenoxy) is 1. The lowest BCUT2D eigenvalue weighted by Gasteiger charge is -2.31. The summed E-state index contributed by atoms with van der Waals surface area (Å²) < 4.78 is 5.06. The predicted molar refractivity (Wildman–Crippen MR) is 82.0 cm³/mol. The zero-order valence-electron chi connectivity index (χ0n) is 12.6. The van der Waals surface area contributed by atoms with Gasteiger partial charge in [0.2, 0.25) is 0 Å². The van der Waals surface area contributed by atoms with E-state index in [0.717, 1.165) is 12.2 Å². The SMILES string of the molecule is CCOC(=O)c1cccc(N2CCCC2C(C)C)c1N. The molecule has 1 saturated heterocycles. The Labute approximate surface area is 120 Å². The number of carbonyl (C=O) groups excluding carboxylic acids is 1. The van der Waals surface area contributed by atoms with Gasteiger partial charge in [0.05, 0.1) is 23.5 Å². The number of nitrogens with two attached hydrogens (primary N) is 1. The van der Waals surface area contributed by atoms with E-state index in [2.05, 4.69) is 18.7 Å². The lowest BCUT2D eigenvalue weighted by molar-refractivity contribution is 0.0527. The third-order valence-electron chi connectivity index (χ3n) is 3.96. The number of hydrogen-bond donors (Lipinski definition) is 1. The number of rotatable bonds is 4. The summed E-state index contributed by atoms with van der Waals surface area (Å²) in [6, 6.07) is 6.11. The van der Waals surface area contributed by atoms with Crippen LogP contribution in [0.15, 0.2) is 18.2 Å². The average molecular weight is 276 g/mol. The van der Waals surface area contributed by atoms with Crippen LogP contribution in [0.3, 0.4) is 0 Å². The molecule has 0 radical (unpaired) electrons. The first-order chi connectivity index (χ1) is 9.56. The van der Waals surface area contributed by atoms with Crippen molar-refractivity contribution in [2.45, 2.75) is 39.7 Å². The lowest BCUT2D eigenvalue weighted by atomic mass is 10.0. The molecule has 1 aromatic carbocycles. The molecule has 0 aromatic heterocycles. The molecular weight excluding hydrogens is 252 g/mol. The second kappa shape index (κ2) is 6.16. The first-order valence-corrected chi connectivity index (χ1v) is 7.38. The van der Waals surface area contributed by atoms with Crippen molar-refractivity contribution < 1.29 is 9.53 Å². The van der Waals surface area contributed by atoms with Gasteiger partial charge in [-0.3, -0.25) is 0 Å². The van der Waals surface area contributed by atoms with Crippen molar-refractivity contribution in [1.29, 1.82) is 0 Å². The number of anilines is 2. The minimum atomic E-state index is -0.341. The number of para-hydroxylation sites is 1. The van der Waals surface area contributed by atoms with Gasteiger partial charge < -0.3 is 15.4 Å². The van der Waals surface area contributed by atoms with E-state index in [1.165, 1.54) is 12.8 Å². The summed E-state index contributed by atoms with van der Waals surface area (Å²) >= 11 is 0. The van der Waals surface area contributed by atoms with E-state index in [1.807, 2.05) is 12.1 Å². The van der Waals surface area contributed by atoms with Crippen molar-refractivity contribution in [3.8, 4) is 0 Å². The van der Waals surface area contributed by atoms with Crippen molar-refractivity contribution in [1.82, 2.24) is 0 Å². The number of nitrogens with zero attached hydrogens (tertiary/aromatic N) is 1. The van der Waals surface area contributed by atoms with Gasteiger partial charge in [-0.05, 0) is 37.8 Å². The van der Waals surface area contributed by atoms with Gasteiger partial charge >= 0.3 is 5.97 Å². The average Bonchev–Trinajstić information content (AvgIpc) is 2.88. The third-order valence-corrected chi connectivity index (χ3v) is 3.96. The van der Waals surface area contributed by atoms with Crippen LogP contribution in [0.25, 0.3) is 0 Å². The van der Waals surface area contributed by atoms with Gasteiger partial charge in [0.1, 0.15) is 0 Å². The molecule has 0 aliphatic carbocycles. The minimum Gasteiger partial charge on any atom is -0.462 e. The van der Waals surface area contributed by atoms with Crippen LogP contribution in [-0.2, 0) is 4.74 Å². The normalized spacial score (nSPS) is 18.6. The van der Waals surface area contributed by atoms with Gasteiger partial charge in [-0.2, -0.15) is 0 Å². The van der Waals surface area contributed by atoms with Gasteiger partial charge in [0.25, 0.3) is 0 Å². The van der Waals surface area contributed by atoms with Gasteiger partial charge in [0, 0.05) is 12.6 Å². The Hall–Kier alpha value is -1.71. The van der Waals surface area contributed by atoms with Crippen LogP contribution in [0, 0.1) is 5.92 Å². The Kier molecular flexibility index (Phi) is 4.53. The highest BCUT2D eigenvalue weighted by Crippen LogP contribution is 2.35. The monoisotopic (exact) mass is 276 g/mol. The quantitative estimate of drug-likeness (QED) is 0.678. The molecule has 110 valence electrons. The highest BCUT2D eigenvalue weighted by molar-refractivity contribution is 5.98. The highest BCUT2D eigenvalue weighted by atomic mass is 16.5. The maximum absolute atomic E-state index is 11.9. The van der Waals surface area contributed by atoms with Crippen LogP contribution in [0.1, 0.15) is 44.0 Å². The molecule has 20 heavy (non-hydrogen) atoms. The molecule has 1 atom stereocenters. The van der Waals surface area contributed by atoms with E-state index in [9.17, 15) is 4.79 Å². The molecule has 2 N–H and O–H groups in total. The van der Waals surface area contributed by atoms with Crippen molar-refractivity contribution in [3.05, 3.63) is 23.8 Å². The van der Waals surface area contributed by atoms with Gasteiger partial charge in [0.15, 0.2) is 0 Å². The smallest absolute Gasteiger partial charge is 0.340 e. The van der Waals surface area contributed by atoms with E-state index in [1.54, 1.807) is 13.0 Å². The number of benzene rings is 1. The largest absolute Gasteiger partial charge is 0.462 e. The molecular formula is C16H24N2O2. The van der Waals surface area contributed by atoms with E-state index in [4.69, 9.17) is 10.5 Å². The maximum Gasteiger partial charge on any atom is 0.340 e. The minimum absolute atomic E-state index is 0.341. The van der Waals surface area contributed by atoms with Crippen molar-refractivity contribution >= 4 is 17.3 Å². The summed E-state index contributed by atoms with van der Waals surface area (Å²) in [6.07, 6.45) is 2.35. The number of carbonyl (C=O) groups is 1. The van der Waals surface area contributed by atoms with Crippen molar-refractivity contribution in [2.24, 2.45) is 5.92 Å². The second-order valence-electron chi connectivity index (χ2n) is 5.61. The van der Waals surface area contributed by atoms with Crippen LogP contribution in [0.2, 0.25) is 0 Å². The molecule has 1 unspecified atom stereocenters. The molecule has 4 nitrogen and oxygen atoms in total. The molecule has 1 aliphatic rings. The summed E-state index contributed by atoms with van der Waals surface area (Å²) in [5.74, 6) is 0.232. The Bertz CT molecular complexity index is 485.